The van der Waals surface area contributed by atoms with Crippen LogP contribution < -0.4 is 10.1 Å². The Morgan fingerprint density at radius 1 is 1.20 bits per heavy atom. The quantitative estimate of drug-likeness (QED) is 0.680. The van der Waals surface area contributed by atoms with Gasteiger partial charge in [-0.2, -0.15) is 4.31 Å². The maximum Gasteiger partial charge on any atom is 0.243 e. The number of nitrogens with zero attached hydrogens (tertiary/aromatic N) is 1. The fourth-order valence-electron chi connectivity index (χ4n) is 3.51. The van der Waals surface area contributed by atoms with Crippen LogP contribution in [0.2, 0.25) is 5.02 Å². The molecule has 1 fully saturated rings. The number of carbonyl (C=O) groups excluding carboxylic acids is 1. The Morgan fingerprint density at radius 2 is 1.93 bits per heavy atom. The monoisotopic (exact) mass is 450 g/mol. The van der Waals surface area contributed by atoms with Crippen LogP contribution in [0.3, 0.4) is 0 Å². The maximum absolute atomic E-state index is 13.1. The molecule has 2 aromatic carbocycles. The molecule has 1 amide bonds. The Balaban J connectivity index is 1.71. The molecule has 0 unspecified atom stereocenters. The van der Waals surface area contributed by atoms with Gasteiger partial charge >= 0.3 is 0 Å². The number of carbonyl (C=O) groups is 1. The molecule has 0 radical (unpaired) electrons. The average Bonchev–Trinajstić information content (AvgIpc) is 2.76. The molecule has 1 aliphatic rings. The molecule has 30 heavy (non-hydrogen) atoms. The third-order valence-corrected chi connectivity index (χ3v) is 7.38. The molecule has 8 heteroatoms. The molecule has 0 saturated carbocycles. The summed E-state index contributed by atoms with van der Waals surface area (Å²) in [4.78, 5) is 12.8. The van der Waals surface area contributed by atoms with Crippen molar-refractivity contribution in [1.82, 2.24) is 4.31 Å². The van der Waals surface area contributed by atoms with E-state index >= 15 is 0 Å². The molecule has 0 spiro atoms. The number of rotatable bonds is 7. The van der Waals surface area contributed by atoms with Crippen molar-refractivity contribution in [2.75, 3.05) is 25.0 Å². The zero-order chi connectivity index (χ0) is 21.7. The molecule has 6 nitrogen and oxygen atoms in total. The number of aryl methyl sites for hydroxylation is 1. The minimum absolute atomic E-state index is 0.104. The van der Waals surface area contributed by atoms with Gasteiger partial charge in [0.05, 0.1) is 22.4 Å². The number of anilines is 1. The SMILES string of the molecule is CCOc1ccc(S(=O)(=O)N2CCC[C@H](C(=O)Nc3ccc(CC)cc3)C2)cc1Cl. The third kappa shape index (κ3) is 5.14. The molecule has 1 N–H and O–H groups in total. The lowest BCUT2D eigenvalue weighted by Gasteiger charge is -2.31. The number of hydrogen-bond acceptors (Lipinski definition) is 4. The molecule has 1 heterocycles. The summed E-state index contributed by atoms with van der Waals surface area (Å²) in [6, 6.07) is 12.1. The van der Waals surface area contributed by atoms with E-state index in [1.807, 2.05) is 31.2 Å². The van der Waals surface area contributed by atoms with Gasteiger partial charge in [-0.05, 0) is 62.1 Å². The van der Waals surface area contributed by atoms with Crippen molar-refractivity contribution >= 4 is 33.2 Å². The van der Waals surface area contributed by atoms with Crippen LogP contribution in [0.1, 0.15) is 32.3 Å². The second-order valence-corrected chi connectivity index (χ2v) is 9.61. The summed E-state index contributed by atoms with van der Waals surface area (Å²) in [6.45, 7) is 4.87. The number of amides is 1. The van der Waals surface area contributed by atoms with Gasteiger partial charge < -0.3 is 10.1 Å². The molecular formula is C22H27ClN2O4S. The fourth-order valence-corrected chi connectivity index (χ4v) is 5.36. The van der Waals surface area contributed by atoms with Crippen molar-refractivity contribution in [3.63, 3.8) is 0 Å². The van der Waals surface area contributed by atoms with Crippen molar-refractivity contribution in [2.45, 2.75) is 38.0 Å². The average molecular weight is 451 g/mol. The van der Waals surface area contributed by atoms with Crippen LogP contribution in [0.25, 0.3) is 0 Å². The minimum Gasteiger partial charge on any atom is -0.492 e. The third-order valence-electron chi connectivity index (χ3n) is 5.23. The van der Waals surface area contributed by atoms with Crippen molar-refractivity contribution in [1.29, 1.82) is 0 Å². The van der Waals surface area contributed by atoms with E-state index in [0.717, 1.165) is 12.1 Å². The molecule has 1 aliphatic heterocycles. The first-order chi connectivity index (χ1) is 14.3. The van der Waals surface area contributed by atoms with Gasteiger partial charge in [0.25, 0.3) is 0 Å². The number of halogens is 1. The van der Waals surface area contributed by atoms with Gasteiger partial charge in [0, 0.05) is 18.8 Å². The summed E-state index contributed by atoms with van der Waals surface area (Å²) >= 11 is 6.17. The Morgan fingerprint density at radius 3 is 2.57 bits per heavy atom. The topological polar surface area (TPSA) is 75.7 Å². The van der Waals surface area contributed by atoms with Crippen molar-refractivity contribution in [3.05, 3.63) is 53.1 Å². The summed E-state index contributed by atoms with van der Waals surface area (Å²) in [5, 5.41) is 3.16. The van der Waals surface area contributed by atoms with Crippen LogP contribution in [0.15, 0.2) is 47.4 Å². The van der Waals surface area contributed by atoms with Crippen LogP contribution in [0, 0.1) is 5.92 Å². The van der Waals surface area contributed by atoms with Crippen LogP contribution >= 0.6 is 11.6 Å². The van der Waals surface area contributed by atoms with E-state index < -0.39 is 15.9 Å². The Labute approximate surface area is 183 Å². The maximum atomic E-state index is 13.1. The van der Waals surface area contributed by atoms with Gasteiger partial charge in [-0.25, -0.2) is 8.42 Å². The van der Waals surface area contributed by atoms with Crippen LogP contribution in [-0.2, 0) is 21.2 Å². The summed E-state index contributed by atoms with van der Waals surface area (Å²) in [7, 11) is -3.75. The second-order valence-electron chi connectivity index (χ2n) is 7.27. The Kier molecular flexibility index (Phi) is 7.39. The first-order valence-corrected chi connectivity index (χ1v) is 12.0. The van der Waals surface area contributed by atoms with E-state index in [4.69, 9.17) is 16.3 Å². The summed E-state index contributed by atoms with van der Waals surface area (Å²) < 4.78 is 32.9. The van der Waals surface area contributed by atoms with E-state index in [9.17, 15) is 13.2 Å². The highest BCUT2D eigenvalue weighted by Crippen LogP contribution is 2.30. The molecule has 1 atom stereocenters. The van der Waals surface area contributed by atoms with Crippen molar-refractivity contribution in [3.8, 4) is 5.75 Å². The molecule has 162 valence electrons. The Bertz CT molecular complexity index is 993. The number of benzene rings is 2. The smallest absolute Gasteiger partial charge is 0.243 e. The molecule has 1 saturated heterocycles. The first kappa shape index (κ1) is 22.6. The standard InChI is InChI=1S/C22H27ClN2O4S/c1-3-16-7-9-18(10-8-16)24-22(26)17-6-5-13-25(15-17)30(27,28)19-11-12-21(29-4-2)20(23)14-19/h7-12,14,17H,3-6,13,15H2,1-2H3,(H,24,26)/t17-/m0/s1. The molecule has 0 aliphatic carbocycles. The number of nitrogens with one attached hydrogen (secondary N) is 1. The van der Waals surface area contributed by atoms with E-state index in [2.05, 4.69) is 12.2 Å². The lowest BCUT2D eigenvalue weighted by atomic mass is 9.98. The van der Waals surface area contributed by atoms with Gasteiger partial charge in [0.15, 0.2) is 0 Å². The molecule has 0 bridgehead atoms. The predicted octanol–water partition coefficient (Wildman–Crippen LogP) is 4.34. The molecule has 0 aromatic heterocycles. The van der Waals surface area contributed by atoms with E-state index in [1.165, 1.54) is 22.0 Å². The van der Waals surface area contributed by atoms with Crippen LogP contribution in [-0.4, -0.2) is 38.3 Å². The van der Waals surface area contributed by atoms with Gasteiger partial charge in [-0.1, -0.05) is 30.7 Å². The lowest BCUT2D eigenvalue weighted by Crippen LogP contribution is -2.43. The summed E-state index contributed by atoms with van der Waals surface area (Å²) in [5.41, 5.74) is 1.91. The number of ether oxygens (including phenoxy) is 1. The lowest BCUT2D eigenvalue weighted by molar-refractivity contribution is -0.120. The van der Waals surface area contributed by atoms with Crippen molar-refractivity contribution < 1.29 is 17.9 Å². The highest BCUT2D eigenvalue weighted by molar-refractivity contribution is 7.89. The zero-order valence-corrected chi connectivity index (χ0v) is 18.8. The normalized spacial score (nSPS) is 17.5. The zero-order valence-electron chi connectivity index (χ0n) is 17.2. The Hall–Kier alpha value is -2.09. The van der Waals surface area contributed by atoms with Crippen LogP contribution in [0.5, 0.6) is 5.75 Å². The van der Waals surface area contributed by atoms with E-state index in [1.54, 1.807) is 6.07 Å². The number of sulfonamides is 1. The highest BCUT2D eigenvalue weighted by atomic mass is 35.5. The largest absolute Gasteiger partial charge is 0.492 e. The van der Waals surface area contributed by atoms with E-state index in [0.29, 0.717) is 31.7 Å². The summed E-state index contributed by atoms with van der Waals surface area (Å²) in [6.07, 6.45) is 2.20. The van der Waals surface area contributed by atoms with Crippen LogP contribution in [0.4, 0.5) is 5.69 Å². The molecule has 3 rings (SSSR count). The number of piperidine rings is 1. The fraction of sp³-hybridized carbons (Fsp3) is 0.409. The van der Waals surface area contributed by atoms with Gasteiger partial charge in [-0.15, -0.1) is 0 Å². The van der Waals surface area contributed by atoms with E-state index in [-0.39, 0.29) is 22.4 Å². The van der Waals surface area contributed by atoms with Gasteiger partial charge in [-0.3, -0.25) is 4.79 Å². The summed E-state index contributed by atoms with van der Waals surface area (Å²) in [5.74, 6) is -0.121. The van der Waals surface area contributed by atoms with Crippen molar-refractivity contribution in [2.24, 2.45) is 5.92 Å². The predicted molar refractivity (Wildman–Crippen MR) is 119 cm³/mol. The molecule has 2 aromatic rings. The van der Waals surface area contributed by atoms with Gasteiger partial charge in [0.1, 0.15) is 5.75 Å². The highest BCUT2D eigenvalue weighted by Gasteiger charge is 2.33. The minimum atomic E-state index is -3.75. The van der Waals surface area contributed by atoms with Gasteiger partial charge in [0.2, 0.25) is 15.9 Å². The molecular weight excluding hydrogens is 424 g/mol. The first-order valence-electron chi connectivity index (χ1n) is 10.2. The second kappa shape index (κ2) is 9.81. The number of hydrogen-bond donors (Lipinski definition) is 1.